The molecular weight excluding hydrogens is 353 g/mol. The molecule has 0 aliphatic rings. The third-order valence-electron chi connectivity index (χ3n) is 3.66. The average molecular weight is 370 g/mol. The number of esters is 1. The number of ether oxygens (including phenoxy) is 2. The number of benzene rings is 1. The van der Waals surface area contributed by atoms with Crippen molar-refractivity contribution >= 4 is 35.0 Å². The summed E-state index contributed by atoms with van der Waals surface area (Å²) < 4.78 is 10.4. The summed E-state index contributed by atoms with van der Waals surface area (Å²) in [5.74, 6) is -0.479. The molecule has 0 aliphatic carbocycles. The van der Waals surface area contributed by atoms with Crippen molar-refractivity contribution in [3.05, 3.63) is 50.8 Å². The number of aromatic nitrogens is 1. The molecule has 0 amide bonds. The highest BCUT2D eigenvalue weighted by molar-refractivity contribution is 6.42. The number of carbonyl (C=O) groups excluding carboxylic acids is 2. The monoisotopic (exact) mass is 369 g/mol. The Morgan fingerprint density at radius 1 is 1.21 bits per heavy atom. The Bertz CT molecular complexity index is 798. The number of aromatic amines is 1. The van der Waals surface area contributed by atoms with Crippen LogP contribution in [0.15, 0.2) is 18.2 Å². The zero-order valence-corrected chi connectivity index (χ0v) is 15.2. The second kappa shape index (κ2) is 7.28. The Hall–Kier alpha value is -1.98. The smallest absolute Gasteiger partial charge is 0.339 e. The van der Waals surface area contributed by atoms with Gasteiger partial charge in [-0.15, -0.1) is 0 Å². The van der Waals surface area contributed by atoms with Crippen molar-refractivity contribution in [1.29, 1.82) is 0 Å². The molecule has 1 N–H and O–H groups in total. The molecular formula is C17H17Cl2NO4. The van der Waals surface area contributed by atoms with E-state index in [0.29, 0.717) is 33.3 Å². The molecule has 0 saturated carbocycles. The number of carbonyl (C=O) groups is 2. The Balaban J connectivity index is 2.29. The minimum Gasteiger partial charge on any atom is -0.481 e. The van der Waals surface area contributed by atoms with Crippen LogP contribution in [0.3, 0.4) is 0 Å². The summed E-state index contributed by atoms with van der Waals surface area (Å²) in [7, 11) is 1.29. The molecule has 2 rings (SSSR count). The molecule has 24 heavy (non-hydrogen) atoms. The Morgan fingerprint density at radius 3 is 2.50 bits per heavy atom. The van der Waals surface area contributed by atoms with E-state index in [0.717, 1.165) is 0 Å². The number of Topliss-reactive ketones (excluding diaryl/α,β-unsaturated/α-hetero) is 1. The quantitative estimate of drug-likeness (QED) is 0.627. The van der Waals surface area contributed by atoms with E-state index in [1.54, 1.807) is 39.0 Å². The highest BCUT2D eigenvalue weighted by Crippen LogP contribution is 2.32. The summed E-state index contributed by atoms with van der Waals surface area (Å²) in [6, 6.07) is 4.94. The van der Waals surface area contributed by atoms with Crippen molar-refractivity contribution in [2.45, 2.75) is 26.9 Å². The zero-order valence-electron chi connectivity index (χ0n) is 13.7. The maximum absolute atomic E-state index is 12.7. The van der Waals surface area contributed by atoms with Gasteiger partial charge in [-0.3, -0.25) is 4.79 Å². The number of hydrogen-bond acceptors (Lipinski definition) is 4. The minimum absolute atomic E-state index is 0.244. The van der Waals surface area contributed by atoms with Gasteiger partial charge in [0.15, 0.2) is 6.10 Å². The van der Waals surface area contributed by atoms with Crippen molar-refractivity contribution < 1.29 is 19.1 Å². The Labute approximate surface area is 149 Å². The van der Waals surface area contributed by atoms with Crippen LogP contribution in [-0.2, 0) is 4.74 Å². The summed E-state index contributed by atoms with van der Waals surface area (Å²) in [5.41, 5.74) is 1.75. The number of aryl methyl sites for hydroxylation is 1. The van der Waals surface area contributed by atoms with E-state index in [-0.39, 0.29) is 10.8 Å². The Kier molecular flexibility index (Phi) is 5.57. The largest absolute Gasteiger partial charge is 0.481 e. The van der Waals surface area contributed by atoms with Gasteiger partial charge in [0.1, 0.15) is 10.8 Å². The van der Waals surface area contributed by atoms with Crippen molar-refractivity contribution in [2.75, 3.05) is 7.11 Å². The van der Waals surface area contributed by atoms with Gasteiger partial charge in [0.2, 0.25) is 5.78 Å². The molecule has 0 unspecified atom stereocenters. The summed E-state index contributed by atoms with van der Waals surface area (Å²) in [5, 5.41) is 0.585. The maximum Gasteiger partial charge on any atom is 0.339 e. The summed E-state index contributed by atoms with van der Waals surface area (Å²) in [6.45, 7) is 4.99. The minimum atomic E-state index is -0.816. The third-order valence-corrected chi connectivity index (χ3v) is 4.46. The van der Waals surface area contributed by atoms with Gasteiger partial charge in [-0.2, -0.15) is 0 Å². The van der Waals surface area contributed by atoms with Crippen molar-refractivity contribution in [3.8, 4) is 5.75 Å². The van der Waals surface area contributed by atoms with Crippen LogP contribution < -0.4 is 4.74 Å². The average Bonchev–Trinajstić information content (AvgIpc) is 2.85. The predicted octanol–water partition coefficient (Wildman–Crippen LogP) is 4.38. The van der Waals surface area contributed by atoms with Gasteiger partial charge in [-0.1, -0.05) is 29.3 Å². The van der Waals surface area contributed by atoms with Gasteiger partial charge in [0, 0.05) is 5.69 Å². The standard InChI is InChI=1S/C17H17Cl2NO4/c1-8-13(17(22)23-4)9(2)20-15(8)16(21)10(3)24-12-7-5-6-11(18)14(12)19/h5-7,10,20H,1-4H3/t10-/m1/s1. The molecule has 1 aromatic carbocycles. The molecule has 0 radical (unpaired) electrons. The number of methoxy groups -OCH3 is 1. The number of H-pyrrole nitrogens is 1. The second-order valence-electron chi connectivity index (χ2n) is 5.29. The molecule has 1 aromatic heterocycles. The van der Waals surface area contributed by atoms with Gasteiger partial charge in [-0.25, -0.2) is 4.79 Å². The zero-order chi connectivity index (χ0) is 18.0. The van der Waals surface area contributed by atoms with Crippen LogP contribution in [0.1, 0.15) is 39.0 Å². The Morgan fingerprint density at radius 2 is 1.88 bits per heavy atom. The number of rotatable bonds is 5. The first-order valence-electron chi connectivity index (χ1n) is 7.20. The lowest BCUT2D eigenvalue weighted by Gasteiger charge is -2.15. The van der Waals surface area contributed by atoms with Crippen molar-refractivity contribution in [1.82, 2.24) is 4.98 Å². The predicted molar refractivity (Wildman–Crippen MR) is 92.5 cm³/mol. The fraction of sp³-hybridized carbons (Fsp3) is 0.294. The molecule has 128 valence electrons. The number of hydrogen-bond donors (Lipinski definition) is 1. The van der Waals surface area contributed by atoms with Gasteiger partial charge < -0.3 is 14.5 Å². The van der Waals surface area contributed by atoms with E-state index in [4.69, 9.17) is 32.7 Å². The lowest BCUT2D eigenvalue weighted by atomic mass is 10.1. The first-order valence-corrected chi connectivity index (χ1v) is 7.95. The number of halogens is 2. The summed E-state index contributed by atoms with van der Waals surface area (Å²) >= 11 is 12.0. The molecule has 0 bridgehead atoms. The van der Waals surface area contributed by atoms with Gasteiger partial charge in [-0.05, 0) is 38.5 Å². The fourth-order valence-electron chi connectivity index (χ4n) is 2.43. The first kappa shape index (κ1) is 18.4. The summed E-state index contributed by atoms with van der Waals surface area (Å²) in [4.78, 5) is 27.4. The van der Waals surface area contributed by atoms with E-state index < -0.39 is 12.1 Å². The van der Waals surface area contributed by atoms with Crippen molar-refractivity contribution in [2.24, 2.45) is 0 Å². The molecule has 1 atom stereocenters. The summed E-state index contributed by atoms with van der Waals surface area (Å²) in [6.07, 6.45) is -0.816. The van der Waals surface area contributed by atoms with Crippen LogP contribution in [-0.4, -0.2) is 30.0 Å². The molecule has 5 nitrogen and oxygen atoms in total. The van der Waals surface area contributed by atoms with Crippen LogP contribution in [0.5, 0.6) is 5.75 Å². The van der Waals surface area contributed by atoms with Crippen LogP contribution in [0.2, 0.25) is 10.0 Å². The normalized spacial score (nSPS) is 11.9. The molecule has 0 fully saturated rings. The van der Waals surface area contributed by atoms with Crippen LogP contribution >= 0.6 is 23.2 Å². The van der Waals surface area contributed by atoms with E-state index in [9.17, 15) is 9.59 Å². The van der Waals surface area contributed by atoms with Crippen LogP contribution in [0.25, 0.3) is 0 Å². The second-order valence-corrected chi connectivity index (χ2v) is 6.08. The highest BCUT2D eigenvalue weighted by Gasteiger charge is 2.26. The van der Waals surface area contributed by atoms with Gasteiger partial charge >= 0.3 is 5.97 Å². The lowest BCUT2D eigenvalue weighted by Crippen LogP contribution is -2.25. The van der Waals surface area contributed by atoms with Gasteiger partial charge in [0.25, 0.3) is 0 Å². The molecule has 0 aliphatic heterocycles. The molecule has 0 saturated heterocycles. The topological polar surface area (TPSA) is 68.4 Å². The molecule has 1 heterocycles. The van der Waals surface area contributed by atoms with E-state index in [1.165, 1.54) is 7.11 Å². The van der Waals surface area contributed by atoms with E-state index >= 15 is 0 Å². The van der Waals surface area contributed by atoms with E-state index in [1.807, 2.05) is 0 Å². The SMILES string of the molecule is COC(=O)c1c(C)[nH]c(C(=O)[C@@H](C)Oc2cccc(Cl)c2Cl)c1C. The molecule has 0 spiro atoms. The van der Waals surface area contributed by atoms with E-state index in [2.05, 4.69) is 4.98 Å². The molecule has 7 heteroatoms. The first-order chi connectivity index (χ1) is 11.3. The third kappa shape index (κ3) is 3.42. The number of nitrogens with one attached hydrogen (secondary N) is 1. The number of ketones is 1. The maximum atomic E-state index is 12.7. The lowest BCUT2D eigenvalue weighted by molar-refractivity contribution is 0.0599. The van der Waals surface area contributed by atoms with Crippen LogP contribution in [0.4, 0.5) is 0 Å². The highest BCUT2D eigenvalue weighted by atomic mass is 35.5. The van der Waals surface area contributed by atoms with Gasteiger partial charge in [0.05, 0.1) is 23.4 Å². The van der Waals surface area contributed by atoms with Crippen molar-refractivity contribution in [3.63, 3.8) is 0 Å². The van der Waals surface area contributed by atoms with Crippen LogP contribution in [0, 0.1) is 13.8 Å². The molecule has 2 aromatic rings. The fourth-order valence-corrected chi connectivity index (χ4v) is 2.76.